The van der Waals surface area contributed by atoms with Crippen molar-refractivity contribution in [3.8, 4) is 11.1 Å². The molecule has 27 heavy (non-hydrogen) atoms. The number of hydrogen-bond donors (Lipinski definition) is 2. The van der Waals surface area contributed by atoms with E-state index in [9.17, 15) is 14.7 Å². The van der Waals surface area contributed by atoms with Crippen LogP contribution in [0.15, 0.2) is 48.5 Å². The van der Waals surface area contributed by atoms with E-state index in [1.54, 1.807) is 6.92 Å². The average Bonchev–Trinajstić information content (AvgIpc) is 3.40. The van der Waals surface area contributed by atoms with Crippen LogP contribution in [0.2, 0.25) is 0 Å². The number of nitrogens with one attached hydrogen (secondary N) is 1. The smallest absolute Gasteiger partial charge is 0.408 e. The fraction of sp³-hybridized carbons (Fsp3) is 0.364. The number of hydrogen-bond acceptors (Lipinski definition) is 3. The lowest BCUT2D eigenvalue weighted by atomic mass is 9.95. The highest BCUT2D eigenvalue weighted by atomic mass is 16.5. The first kappa shape index (κ1) is 17.6. The molecule has 0 saturated heterocycles. The molecule has 2 aromatic carbocycles. The Bertz CT molecular complexity index is 844. The number of fused-ring (bicyclic) bond motifs is 3. The van der Waals surface area contributed by atoms with Gasteiger partial charge >= 0.3 is 12.1 Å². The van der Waals surface area contributed by atoms with Gasteiger partial charge in [0.1, 0.15) is 12.1 Å². The summed E-state index contributed by atoms with van der Waals surface area (Å²) < 4.78 is 5.47. The third-order valence-corrected chi connectivity index (χ3v) is 5.59. The van der Waals surface area contributed by atoms with E-state index in [1.807, 2.05) is 24.3 Å². The van der Waals surface area contributed by atoms with E-state index in [1.165, 1.54) is 0 Å². The summed E-state index contributed by atoms with van der Waals surface area (Å²) in [4.78, 5) is 24.0. The first-order chi connectivity index (χ1) is 13.0. The minimum absolute atomic E-state index is 0.0392. The van der Waals surface area contributed by atoms with Crippen molar-refractivity contribution in [2.24, 2.45) is 5.92 Å². The number of alkyl carbamates (subject to hydrolysis) is 1. The van der Waals surface area contributed by atoms with Crippen molar-refractivity contribution in [1.29, 1.82) is 0 Å². The molecule has 1 saturated carbocycles. The molecule has 0 spiro atoms. The normalized spacial score (nSPS) is 17.5. The highest BCUT2D eigenvalue weighted by Crippen LogP contribution is 2.44. The summed E-state index contributed by atoms with van der Waals surface area (Å²) in [7, 11) is 0. The first-order valence-electron chi connectivity index (χ1n) is 9.34. The molecule has 2 aliphatic carbocycles. The molecule has 1 amide bonds. The summed E-state index contributed by atoms with van der Waals surface area (Å²) in [5.41, 5.74) is 3.29. The Morgan fingerprint density at radius 3 is 2.15 bits per heavy atom. The monoisotopic (exact) mass is 365 g/mol. The maximum atomic E-state index is 12.3. The van der Waals surface area contributed by atoms with Crippen molar-refractivity contribution in [1.82, 2.24) is 5.32 Å². The second kappa shape index (κ2) is 6.72. The Morgan fingerprint density at radius 1 is 1.07 bits per heavy atom. The van der Waals surface area contributed by atoms with Crippen LogP contribution < -0.4 is 5.32 Å². The van der Waals surface area contributed by atoms with Crippen molar-refractivity contribution >= 4 is 12.1 Å². The maximum Gasteiger partial charge on any atom is 0.408 e. The lowest BCUT2D eigenvalue weighted by Gasteiger charge is -2.26. The molecule has 0 radical (unpaired) electrons. The number of amides is 1. The largest absolute Gasteiger partial charge is 0.480 e. The van der Waals surface area contributed by atoms with Crippen molar-refractivity contribution in [2.45, 2.75) is 37.6 Å². The molecule has 5 heteroatoms. The molecule has 1 fully saturated rings. The Morgan fingerprint density at radius 2 is 1.63 bits per heavy atom. The SMILES string of the molecule is C[C@@](CC1CC1)(NC(=O)OCC1c2ccccc2-c2ccccc21)C(=O)O. The topological polar surface area (TPSA) is 75.6 Å². The van der Waals surface area contributed by atoms with E-state index < -0.39 is 17.6 Å². The van der Waals surface area contributed by atoms with Crippen LogP contribution in [0.1, 0.15) is 43.2 Å². The highest BCUT2D eigenvalue weighted by Gasteiger charge is 2.41. The Labute approximate surface area is 158 Å². The molecule has 140 valence electrons. The molecule has 0 heterocycles. The van der Waals surface area contributed by atoms with Crippen molar-refractivity contribution < 1.29 is 19.4 Å². The van der Waals surface area contributed by atoms with Gasteiger partial charge in [-0.15, -0.1) is 0 Å². The Balaban J connectivity index is 1.47. The van der Waals surface area contributed by atoms with Crippen molar-refractivity contribution in [3.05, 3.63) is 59.7 Å². The molecule has 2 N–H and O–H groups in total. The van der Waals surface area contributed by atoms with Crippen LogP contribution in [0.5, 0.6) is 0 Å². The first-order valence-corrected chi connectivity index (χ1v) is 9.34. The summed E-state index contributed by atoms with van der Waals surface area (Å²) in [6, 6.07) is 16.2. The van der Waals surface area contributed by atoms with E-state index in [0.717, 1.165) is 35.1 Å². The molecular weight excluding hydrogens is 342 g/mol. The van der Waals surface area contributed by atoms with Gasteiger partial charge in [0.05, 0.1) is 0 Å². The number of ether oxygens (including phenoxy) is 1. The van der Waals surface area contributed by atoms with E-state index >= 15 is 0 Å². The summed E-state index contributed by atoms with van der Waals surface area (Å²) in [5.74, 6) is -0.689. The number of aliphatic carboxylic acids is 1. The summed E-state index contributed by atoms with van der Waals surface area (Å²) in [6.45, 7) is 1.73. The second-order valence-corrected chi connectivity index (χ2v) is 7.74. The Hall–Kier alpha value is -2.82. The van der Waals surface area contributed by atoms with Crippen LogP contribution in [0.4, 0.5) is 4.79 Å². The molecule has 0 unspecified atom stereocenters. The van der Waals surface area contributed by atoms with E-state index in [0.29, 0.717) is 12.3 Å². The number of carboxylic acid groups (broad SMARTS) is 1. The van der Waals surface area contributed by atoms with Gasteiger partial charge in [0.15, 0.2) is 0 Å². The van der Waals surface area contributed by atoms with Gasteiger partial charge in [-0.2, -0.15) is 0 Å². The number of rotatable bonds is 6. The maximum absolute atomic E-state index is 12.3. The summed E-state index contributed by atoms with van der Waals surface area (Å²) in [6.07, 6.45) is 1.80. The third-order valence-electron chi connectivity index (χ3n) is 5.59. The van der Waals surface area contributed by atoms with Gasteiger partial charge < -0.3 is 15.2 Å². The van der Waals surface area contributed by atoms with Gasteiger partial charge in [-0.3, -0.25) is 0 Å². The van der Waals surface area contributed by atoms with Gasteiger partial charge in [-0.05, 0) is 41.5 Å². The minimum atomic E-state index is -1.29. The standard InChI is InChI=1S/C22H23NO4/c1-22(20(24)25,12-14-10-11-14)23-21(26)27-13-19-17-8-4-2-6-15(17)16-7-3-5-9-18(16)19/h2-9,14,19H,10-13H2,1H3,(H,23,26)(H,24,25)/t22-/m0/s1. The number of carboxylic acids is 1. The van der Waals surface area contributed by atoms with Gasteiger partial charge in [0.25, 0.3) is 0 Å². The predicted molar refractivity (Wildman–Crippen MR) is 102 cm³/mol. The fourth-order valence-electron chi connectivity index (χ4n) is 3.95. The number of benzene rings is 2. The zero-order chi connectivity index (χ0) is 19.0. The molecular formula is C22H23NO4. The van der Waals surface area contributed by atoms with Crippen molar-refractivity contribution in [3.63, 3.8) is 0 Å². The molecule has 4 rings (SSSR count). The zero-order valence-electron chi connectivity index (χ0n) is 15.3. The van der Waals surface area contributed by atoms with E-state index in [4.69, 9.17) is 4.74 Å². The van der Waals surface area contributed by atoms with Crippen LogP contribution in [-0.2, 0) is 9.53 Å². The van der Waals surface area contributed by atoms with Crippen LogP contribution >= 0.6 is 0 Å². The van der Waals surface area contributed by atoms with Crippen LogP contribution in [0, 0.1) is 5.92 Å². The minimum Gasteiger partial charge on any atom is -0.480 e. The molecule has 2 aliphatic rings. The van der Waals surface area contributed by atoms with Crippen LogP contribution in [-0.4, -0.2) is 29.3 Å². The third kappa shape index (κ3) is 3.42. The lowest BCUT2D eigenvalue weighted by molar-refractivity contribution is -0.144. The van der Waals surface area contributed by atoms with Gasteiger partial charge in [-0.25, -0.2) is 9.59 Å². The van der Waals surface area contributed by atoms with E-state index in [2.05, 4.69) is 29.6 Å². The van der Waals surface area contributed by atoms with Gasteiger partial charge in [-0.1, -0.05) is 61.4 Å². The summed E-state index contributed by atoms with van der Waals surface area (Å²) >= 11 is 0. The van der Waals surface area contributed by atoms with Crippen LogP contribution in [0.3, 0.4) is 0 Å². The molecule has 0 bridgehead atoms. The summed E-state index contributed by atoms with van der Waals surface area (Å²) in [5, 5.41) is 12.1. The molecule has 0 aromatic heterocycles. The highest BCUT2D eigenvalue weighted by molar-refractivity contribution is 5.84. The van der Waals surface area contributed by atoms with Gasteiger partial charge in [0, 0.05) is 5.92 Å². The molecule has 0 aliphatic heterocycles. The van der Waals surface area contributed by atoms with E-state index in [-0.39, 0.29) is 12.5 Å². The molecule has 1 atom stereocenters. The van der Waals surface area contributed by atoms with Gasteiger partial charge in [0.2, 0.25) is 0 Å². The Kier molecular flexibility index (Phi) is 4.38. The number of carbonyl (C=O) groups is 2. The van der Waals surface area contributed by atoms with Crippen molar-refractivity contribution in [2.75, 3.05) is 6.61 Å². The second-order valence-electron chi connectivity index (χ2n) is 7.74. The predicted octanol–water partition coefficient (Wildman–Crippen LogP) is 4.17. The zero-order valence-corrected chi connectivity index (χ0v) is 15.3. The van der Waals surface area contributed by atoms with Crippen LogP contribution in [0.25, 0.3) is 11.1 Å². The fourth-order valence-corrected chi connectivity index (χ4v) is 3.95. The molecule has 2 aromatic rings. The molecule has 5 nitrogen and oxygen atoms in total. The quantitative estimate of drug-likeness (QED) is 0.806. The average molecular weight is 365 g/mol. The number of carbonyl (C=O) groups excluding carboxylic acids is 1. The lowest BCUT2D eigenvalue weighted by Crippen LogP contribution is -2.52.